The van der Waals surface area contributed by atoms with Gasteiger partial charge in [0.1, 0.15) is 29.3 Å². The molecule has 8 heteroatoms. The van der Waals surface area contributed by atoms with E-state index in [-0.39, 0.29) is 17.1 Å². The van der Waals surface area contributed by atoms with Gasteiger partial charge in [-0.05, 0) is 17.7 Å². The van der Waals surface area contributed by atoms with Gasteiger partial charge in [-0.2, -0.15) is 0 Å². The van der Waals surface area contributed by atoms with Crippen molar-refractivity contribution in [3.8, 4) is 0 Å². The van der Waals surface area contributed by atoms with Gasteiger partial charge >= 0.3 is 0 Å². The molecule has 1 aliphatic heterocycles. The molecule has 0 saturated heterocycles. The SMILES string of the molecule is CN(C(=O)C1Cc2cc(F)cnc2N1)c1cc(Cl)c(F)cc1F. The van der Waals surface area contributed by atoms with Crippen LogP contribution in [0.2, 0.25) is 5.02 Å². The summed E-state index contributed by atoms with van der Waals surface area (Å²) in [6.07, 6.45) is 1.27. The molecule has 0 bridgehead atoms. The lowest BCUT2D eigenvalue weighted by Crippen LogP contribution is -2.40. The second kappa shape index (κ2) is 5.73. The van der Waals surface area contributed by atoms with E-state index >= 15 is 0 Å². The van der Waals surface area contributed by atoms with Crippen molar-refractivity contribution >= 4 is 29.0 Å². The van der Waals surface area contributed by atoms with Crippen LogP contribution in [0.4, 0.5) is 24.7 Å². The highest BCUT2D eigenvalue weighted by atomic mass is 35.5. The summed E-state index contributed by atoms with van der Waals surface area (Å²) in [5.41, 5.74) is 0.424. The molecule has 2 heterocycles. The molecule has 0 spiro atoms. The number of nitrogens with zero attached hydrogens (tertiary/aromatic N) is 2. The molecule has 23 heavy (non-hydrogen) atoms. The topological polar surface area (TPSA) is 45.2 Å². The van der Waals surface area contributed by atoms with Crippen molar-refractivity contribution in [2.45, 2.75) is 12.5 Å². The number of amides is 1. The number of hydrogen-bond acceptors (Lipinski definition) is 3. The third-order valence-corrected chi connectivity index (χ3v) is 3.94. The number of likely N-dealkylation sites (N-methyl/N-ethyl adjacent to an activating group) is 1. The lowest BCUT2D eigenvalue weighted by atomic mass is 10.1. The Morgan fingerprint density at radius 3 is 2.78 bits per heavy atom. The average molecular weight is 342 g/mol. The first-order valence-corrected chi connectivity index (χ1v) is 7.07. The molecule has 2 aromatic rings. The fourth-order valence-electron chi connectivity index (χ4n) is 2.47. The molecule has 0 aliphatic carbocycles. The van der Waals surface area contributed by atoms with Gasteiger partial charge in [-0.15, -0.1) is 0 Å². The molecule has 1 amide bonds. The van der Waals surface area contributed by atoms with E-state index in [0.29, 0.717) is 17.4 Å². The Morgan fingerprint density at radius 2 is 2.04 bits per heavy atom. The van der Waals surface area contributed by atoms with Crippen LogP contribution in [0.15, 0.2) is 24.4 Å². The van der Waals surface area contributed by atoms with E-state index < -0.39 is 29.4 Å². The smallest absolute Gasteiger partial charge is 0.249 e. The number of hydrogen-bond donors (Lipinski definition) is 1. The third-order valence-electron chi connectivity index (χ3n) is 3.65. The summed E-state index contributed by atoms with van der Waals surface area (Å²) < 4.78 is 40.2. The van der Waals surface area contributed by atoms with E-state index in [9.17, 15) is 18.0 Å². The second-order valence-electron chi connectivity index (χ2n) is 5.18. The lowest BCUT2D eigenvalue weighted by Gasteiger charge is -2.22. The zero-order chi connectivity index (χ0) is 16.7. The number of nitrogens with one attached hydrogen (secondary N) is 1. The molecule has 120 valence electrons. The largest absolute Gasteiger partial charge is 0.358 e. The maximum absolute atomic E-state index is 13.9. The summed E-state index contributed by atoms with van der Waals surface area (Å²) in [7, 11) is 1.35. The van der Waals surface area contributed by atoms with Crippen LogP contribution in [0, 0.1) is 17.5 Å². The van der Waals surface area contributed by atoms with Crippen molar-refractivity contribution < 1.29 is 18.0 Å². The highest BCUT2D eigenvalue weighted by Crippen LogP contribution is 2.29. The second-order valence-corrected chi connectivity index (χ2v) is 5.58. The predicted octanol–water partition coefficient (Wildman–Crippen LogP) is 3.15. The Hall–Kier alpha value is -2.28. The van der Waals surface area contributed by atoms with Crippen molar-refractivity contribution in [2.24, 2.45) is 0 Å². The minimum Gasteiger partial charge on any atom is -0.358 e. The standard InChI is InChI=1S/C15H11ClF3N3O/c1-22(13-4-9(16)10(18)5-11(13)19)15(23)12-3-7-2-8(17)6-20-14(7)21-12/h2,4-6,12H,3H2,1H3,(H,20,21). The minimum absolute atomic E-state index is 0.140. The van der Waals surface area contributed by atoms with Crippen LogP contribution in [0.3, 0.4) is 0 Å². The Kier molecular flexibility index (Phi) is 3.89. The van der Waals surface area contributed by atoms with Crippen molar-refractivity contribution in [3.63, 3.8) is 0 Å². The fraction of sp³-hybridized carbons (Fsp3) is 0.200. The van der Waals surface area contributed by atoms with Crippen molar-refractivity contribution in [2.75, 3.05) is 17.3 Å². The molecular weight excluding hydrogens is 331 g/mol. The molecule has 0 saturated carbocycles. The van der Waals surface area contributed by atoms with Crippen LogP contribution in [-0.2, 0) is 11.2 Å². The summed E-state index contributed by atoms with van der Waals surface area (Å²) in [5.74, 6) is -2.36. The van der Waals surface area contributed by atoms with E-state index in [1.54, 1.807) is 0 Å². The van der Waals surface area contributed by atoms with Crippen LogP contribution in [0.25, 0.3) is 0 Å². The van der Waals surface area contributed by atoms with Crippen LogP contribution < -0.4 is 10.2 Å². The molecule has 3 rings (SSSR count). The molecule has 1 aliphatic rings. The van der Waals surface area contributed by atoms with Gasteiger partial charge in [-0.25, -0.2) is 18.2 Å². The quantitative estimate of drug-likeness (QED) is 0.853. The number of benzene rings is 1. The van der Waals surface area contributed by atoms with E-state index in [1.807, 2.05) is 0 Å². The van der Waals surface area contributed by atoms with E-state index in [2.05, 4.69) is 10.3 Å². The Labute approximate surface area is 134 Å². The minimum atomic E-state index is -0.903. The summed E-state index contributed by atoms with van der Waals surface area (Å²) >= 11 is 5.64. The van der Waals surface area contributed by atoms with E-state index in [0.717, 1.165) is 17.2 Å². The van der Waals surface area contributed by atoms with Gasteiger partial charge < -0.3 is 10.2 Å². The van der Waals surface area contributed by atoms with Gasteiger partial charge in [0.25, 0.3) is 0 Å². The number of carbonyl (C=O) groups excluding carboxylic acids is 1. The number of anilines is 2. The van der Waals surface area contributed by atoms with Crippen LogP contribution in [0.1, 0.15) is 5.56 Å². The number of fused-ring (bicyclic) bond motifs is 1. The Balaban J connectivity index is 1.83. The van der Waals surface area contributed by atoms with Gasteiger partial charge in [0, 0.05) is 19.5 Å². The summed E-state index contributed by atoms with van der Waals surface area (Å²) in [5, 5.41) is 2.57. The molecule has 1 aromatic heterocycles. The van der Waals surface area contributed by atoms with Crippen LogP contribution in [0.5, 0.6) is 0 Å². The van der Waals surface area contributed by atoms with Crippen molar-refractivity contribution in [1.82, 2.24) is 4.98 Å². The van der Waals surface area contributed by atoms with E-state index in [1.165, 1.54) is 13.1 Å². The van der Waals surface area contributed by atoms with Crippen LogP contribution in [-0.4, -0.2) is 24.0 Å². The first-order valence-electron chi connectivity index (χ1n) is 6.70. The molecule has 1 N–H and O–H groups in total. The van der Waals surface area contributed by atoms with Crippen molar-refractivity contribution in [1.29, 1.82) is 0 Å². The van der Waals surface area contributed by atoms with Gasteiger partial charge in [0.05, 0.1) is 16.9 Å². The average Bonchev–Trinajstić information content (AvgIpc) is 2.92. The molecule has 0 fully saturated rings. The van der Waals surface area contributed by atoms with Gasteiger partial charge in [-0.1, -0.05) is 11.6 Å². The molecule has 4 nitrogen and oxygen atoms in total. The first-order chi connectivity index (χ1) is 10.9. The molecule has 1 atom stereocenters. The van der Waals surface area contributed by atoms with Crippen molar-refractivity contribution in [3.05, 3.63) is 52.4 Å². The normalized spacial score (nSPS) is 16.0. The predicted molar refractivity (Wildman–Crippen MR) is 80.1 cm³/mol. The molecule has 0 radical (unpaired) electrons. The molecular formula is C15H11ClF3N3O. The van der Waals surface area contributed by atoms with Crippen LogP contribution >= 0.6 is 11.6 Å². The number of pyridine rings is 1. The molecule has 1 aromatic carbocycles. The fourth-order valence-corrected chi connectivity index (χ4v) is 2.63. The Morgan fingerprint density at radius 1 is 1.30 bits per heavy atom. The van der Waals surface area contributed by atoms with Gasteiger partial charge in [0.2, 0.25) is 5.91 Å². The third kappa shape index (κ3) is 2.84. The van der Waals surface area contributed by atoms with Gasteiger partial charge in [-0.3, -0.25) is 4.79 Å². The highest BCUT2D eigenvalue weighted by Gasteiger charge is 2.31. The highest BCUT2D eigenvalue weighted by molar-refractivity contribution is 6.31. The zero-order valence-corrected chi connectivity index (χ0v) is 12.7. The molecule has 1 unspecified atom stereocenters. The van der Waals surface area contributed by atoms with E-state index in [4.69, 9.17) is 11.6 Å². The maximum atomic E-state index is 13.9. The summed E-state index contributed by atoms with van der Waals surface area (Å²) in [4.78, 5) is 17.4. The monoisotopic (exact) mass is 341 g/mol. The van der Waals surface area contributed by atoms with Gasteiger partial charge in [0.15, 0.2) is 0 Å². The number of rotatable bonds is 2. The maximum Gasteiger partial charge on any atom is 0.249 e. The zero-order valence-electron chi connectivity index (χ0n) is 11.9. The first kappa shape index (κ1) is 15.6. The number of aromatic nitrogens is 1. The number of halogens is 4. The summed E-state index contributed by atoms with van der Waals surface area (Å²) in [6, 6.07) is 2.24. The number of carbonyl (C=O) groups is 1. The lowest BCUT2D eigenvalue weighted by molar-refractivity contribution is -0.118. The summed E-state index contributed by atoms with van der Waals surface area (Å²) in [6.45, 7) is 0. The Bertz CT molecular complexity index is 800.